The molecule has 0 saturated heterocycles. The molecule has 1 aromatic rings. The zero-order valence-electron chi connectivity index (χ0n) is 9.37. The first-order valence-electron chi connectivity index (χ1n) is 6.16. The van der Waals surface area contributed by atoms with Crippen LogP contribution in [0.4, 0.5) is 0 Å². The summed E-state index contributed by atoms with van der Waals surface area (Å²) in [6.45, 7) is 0. The zero-order valence-corrected chi connectivity index (χ0v) is 9.37. The molecule has 2 nitrogen and oxygen atoms in total. The quantitative estimate of drug-likeness (QED) is 0.532. The van der Waals surface area contributed by atoms with Crippen LogP contribution >= 0.6 is 0 Å². The average Bonchev–Trinajstić information content (AvgIpc) is 2.69. The van der Waals surface area contributed by atoms with E-state index < -0.39 is 0 Å². The number of rotatable bonds is 1. The van der Waals surface area contributed by atoms with Gasteiger partial charge in [-0.2, -0.15) is 0 Å². The van der Waals surface area contributed by atoms with E-state index in [0.29, 0.717) is 12.3 Å². The molecular weight excluding hydrogens is 200 g/mol. The van der Waals surface area contributed by atoms with Crippen molar-refractivity contribution in [2.45, 2.75) is 44.4 Å². The number of ether oxygens (including phenoxy) is 1. The van der Waals surface area contributed by atoms with Crippen molar-refractivity contribution in [3.63, 3.8) is 0 Å². The van der Waals surface area contributed by atoms with Gasteiger partial charge in [0.15, 0.2) is 0 Å². The Kier molecular flexibility index (Phi) is 2.43. The summed E-state index contributed by atoms with van der Waals surface area (Å²) in [6.07, 6.45) is 7.05. The van der Waals surface area contributed by atoms with E-state index in [4.69, 9.17) is 4.74 Å². The lowest BCUT2D eigenvalue weighted by molar-refractivity contribution is -0.131. The summed E-state index contributed by atoms with van der Waals surface area (Å²) in [5.41, 5.74) is 2.40. The lowest BCUT2D eigenvalue weighted by Gasteiger charge is -2.22. The van der Waals surface area contributed by atoms with Crippen molar-refractivity contribution >= 4 is 5.97 Å². The summed E-state index contributed by atoms with van der Waals surface area (Å²) in [5.74, 6) is 1.36. The molecule has 1 fully saturated rings. The second kappa shape index (κ2) is 3.93. The van der Waals surface area contributed by atoms with Crippen LogP contribution in [0.15, 0.2) is 18.2 Å². The molecule has 1 heterocycles. The Morgan fingerprint density at radius 3 is 2.75 bits per heavy atom. The maximum absolute atomic E-state index is 11.2. The summed E-state index contributed by atoms with van der Waals surface area (Å²) in [7, 11) is 0. The van der Waals surface area contributed by atoms with Crippen molar-refractivity contribution in [1.82, 2.24) is 0 Å². The third-order valence-electron chi connectivity index (χ3n) is 3.73. The summed E-state index contributed by atoms with van der Waals surface area (Å²) in [6, 6.07) is 6.32. The highest BCUT2D eigenvalue weighted by Gasteiger charge is 2.22. The molecule has 1 aliphatic heterocycles. The Morgan fingerprint density at radius 2 is 1.94 bits per heavy atom. The van der Waals surface area contributed by atoms with E-state index in [1.807, 2.05) is 0 Å². The summed E-state index contributed by atoms with van der Waals surface area (Å²) in [5, 5.41) is 0. The van der Waals surface area contributed by atoms with Crippen LogP contribution in [0, 0.1) is 0 Å². The van der Waals surface area contributed by atoms with Gasteiger partial charge < -0.3 is 4.74 Å². The second-order valence-corrected chi connectivity index (χ2v) is 4.85. The van der Waals surface area contributed by atoms with Gasteiger partial charge in [0.25, 0.3) is 0 Å². The molecular formula is C14H16O2. The fourth-order valence-corrected chi connectivity index (χ4v) is 2.82. The first kappa shape index (κ1) is 9.88. The van der Waals surface area contributed by atoms with Crippen molar-refractivity contribution in [3.8, 4) is 5.75 Å². The molecule has 1 saturated carbocycles. The Labute approximate surface area is 95.6 Å². The molecule has 16 heavy (non-hydrogen) atoms. The van der Waals surface area contributed by atoms with Crippen LogP contribution in [-0.2, 0) is 11.2 Å². The third kappa shape index (κ3) is 1.73. The van der Waals surface area contributed by atoms with Gasteiger partial charge in [-0.05, 0) is 30.4 Å². The standard InChI is InChI=1S/C14H16O2/c15-14-9-12-7-6-11(8-13(12)16-14)10-4-2-1-3-5-10/h6-8,10H,1-5,9H2. The molecule has 0 N–H and O–H groups in total. The molecule has 2 aliphatic rings. The monoisotopic (exact) mass is 216 g/mol. The van der Waals surface area contributed by atoms with Gasteiger partial charge in [-0.1, -0.05) is 31.4 Å². The van der Waals surface area contributed by atoms with Gasteiger partial charge in [0, 0.05) is 5.56 Å². The van der Waals surface area contributed by atoms with Crippen molar-refractivity contribution in [1.29, 1.82) is 0 Å². The number of carbonyl (C=O) groups excluding carboxylic acids is 1. The predicted molar refractivity (Wildman–Crippen MR) is 61.6 cm³/mol. The van der Waals surface area contributed by atoms with Crippen LogP contribution in [0.1, 0.15) is 49.1 Å². The van der Waals surface area contributed by atoms with E-state index in [2.05, 4.69) is 18.2 Å². The Hall–Kier alpha value is -1.31. The molecule has 0 spiro atoms. The van der Waals surface area contributed by atoms with Crippen LogP contribution in [-0.4, -0.2) is 5.97 Å². The largest absolute Gasteiger partial charge is 0.426 e. The summed E-state index contributed by atoms with van der Waals surface area (Å²) < 4.78 is 5.20. The molecule has 0 radical (unpaired) electrons. The van der Waals surface area contributed by atoms with Crippen molar-refractivity contribution in [3.05, 3.63) is 29.3 Å². The average molecular weight is 216 g/mol. The van der Waals surface area contributed by atoms with Gasteiger partial charge in [0.1, 0.15) is 5.75 Å². The number of carbonyl (C=O) groups is 1. The van der Waals surface area contributed by atoms with Crippen molar-refractivity contribution in [2.75, 3.05) is 0 Å². The summed E-state index contributed by atoms with van der Waals surface area (Å²) >= 11 is 0. The van der Waals surface area contributed by atoms with E-state index in [0.717, 1.165) is 11.3 Å². The van der Waals surface area contributed by atoms with Gasteiger partial charge in [-0.15, -0.1) is 0 Å². The topological polar surface area (TPSA) is 26.3 Å². The van der Waals surface area contributed by atoms with Gasteiger partial charge in [-0.25, -0.2) is 0 Å². The smallest absolute Gasteiger partial charge is 0.315 e. The molecule has 0 atom stereocenters. The van der Waals surface area contributed by atoms with Crippen LogP contribution < -0.4 is 4.74 Å². The molecule has 0 unspecified atom stereocenters. The van der Waals surface area contributed by atoms with Gasteiger partial charge in [0.05, 0.1) is 6.42 Å². The molecule has 3 rings (SSSR count). The normalized spacial score (nSPS) is 20.6. The molecule has 0 amide bonds. The minimum absolute atomic E-state index is 0.115. The van der Waals surface area contributed by atoms with E-state index in [1.54, 1.807) is 0 Å². The van der Waals surface area contributed by atoms with Crippen LogP contribution in [0.25, 0.3) is 0 Å². The van der Waals surface area contributed by atoms with Gasteiger partial charge in [0.2, 0.25) is 0 Å². The molecule has 1 aromatic carbocycles. The van der Waals surface area contributed by atoms with E-state index >= 15 is 0 Å². The highest BCUT2D eigenvalue weighted by molar-refractivity contribution is 5.81. The maximum Gasteiger partial charge on any atom is 0.315 e. The first-order valence-corrected chi connectivity index (χ1v) is 6.16. The number of esters is 1. The highest BCUT2D eigenvalue weighted by Crippen LogP contribution is 2.36. The first-order chi connectivity index (χ1) is 7.83. The van der Waals surface area contributed by atoms with Gasteiger partial charge >= 0.3 is 5.97 Å². The minimum Gasteiger partial charge on any atom is -0.426 e. The van der Waals surface area contributed by atoms with Gasteiger partial charge in [-0.3, -0.25) is 4.79 Å². The molecule has 84 valence electrons. The van der Waals surface area contributed by atoms with E-state index in [9.17, 15) is 4.79 Å². The molecule has 0 aromatic heterocycles. The zero-order chi connectivity index (χ0) is 11.0. The molecule has 0 bridgehead atoms. The SMILES string of the molecule is O=C1Cc2ccc(C3CCCCC3)cc2O1. The fraction of sp³-hybridized carbons (Fsp3) is 0.500. The van der Waals surface area contributed by atoms with E-state index in [1.165, 1.54) is 37.7 Å². The number of hydrogen-bond acceptors (Lipinski definition) is 2. The fourth-order valence-electron chi connectivity index (χ4n) is 2.82. The lowest BCUT2D eigenvalue weighted by atomic mass is 9.84. The minimum atomic E-state index is -0.115. The molecule has 2 heteroatoms. The summed E-state index contributed by atoms with van der Waals surface area (Å²) in [4.78, 5) is 11.2. The Bertz CT molecular complexity index is 417. The predicted octanol–water partition coefficient (Wildman–Crippen LogP) is 3.20. The number of fused-ring (bicyclic) bond motifs is 1. The van der Waals surface area contributed by atoms with Crippen LogP contribution in [0.3, 0.4) is 0 Å². The maximum atomic E-state index is 11.2. The van der Waals surface area contributed by atoms with Crippen LogP contribution in [0.5, 0.6) is 5.75 Å². The van der Waals surface area contributed by atoms with Crippen LogP contribution in [0.2, 0.25) is 0 Å². The lowest BCUT2D eigenvalue weighted by Crippen LogP contribution is -2.04. The second-order valence-electron chi connectivity index (χ2n) is 4.85. The highest BCUT2D eigenvalue weighted by atomic mass is 16.5. The van der Waals surface area contributed by atoms with Crippen molar-refractivity contribution in [2.24, 2.45) is 0 Å². The van der Waals surface area contributed by atoms with Crippen molar-refractivity contribution < 1.29 is 9.53 Å². The number of hydrogen-bond donors (Lipinski definition) is 0. The number of benzene rings is 1. The third-order valence-corrected chi connectivity index (χ3v) is 3.73. The molecule has 1 aliphatic carbocycles. The Balaban J connectivity index is 1.86. The van der Waals surface area contributed by atoms with E-state index in [-0.39, 0.29) is 5.97 Å². The Morgan fingerprint density at radius 1 is 1.12 bits per heavy atom.